The minimum absolute atomic E-state index is 1.11. The molecular formula is C50H40N2. The van der Waals surface area contributed by atoms with Crippen molar-refractivity contribution in [1.82, 2.24) is 4.57 Å². The number of para-hydroxylation sites is 4. The van der Waals surface area contributed by atoms with Gasteiger partial charge in [-0.2, -0.15) is 0 Å². The lowest BCUT2D eigenvalue weighted by Gasteiger charge is -2.26. The first-order chi connectivity index (χ1) is 25.8. The summed E-state index contributed by atoms with van der Waals surface area (Å²) < 4.78 is 2.40. The standard InChI is InChI=1S/C48H34N2.C2H6/c1-5-16-35(17-6-1)36-28-30-43(37-18-15-25-42(32-37)49(39-19-7-2-8-20-39)40-21-9-3-10-22-40)46(33-36)38-29-31-45-44-26-13-14-27-47(44)50(48(45)34-38)41-23-11-4-12-24-41;1-2/h1-34H;1-2H3. The summed E-state index contributed by atoms with van der Waals surface area (Å²) in [7, 11) is 0. The van der Waals surface area contributed by atoms with Crippen molar-refractivity contribution < 1.29 is 0 Å². The summed E-state index contributed by atoms with van der Waals surface area (Å²) >= 11 is 0. The predicted octanol–water partition coefficient (Wildman–Crippen LogP) is 14.3. The number of hydrogen-bond donors (Lipinski definition) is 0. The van der Waals surface area contributed by atoms with Crippen molar-refractivity contribution in [2.45, 2.75) is 13.8 Å². The van der Waals surface area contributed by atoms with Crippen LogP contribution in [-0.2, 0) is 0 Å². The van der Waals surface area contributed by atoms with E-state index in [0.717, 1.165) is 28.3 Å². The smallest absolute Gasteiger partial charge is 0.0547 e. The first kappa shape index (κ1) is 32.6. The largest absolute Gasteiger partial charge is 0.310 e. The molecule has 1 aromatic heterocycles. The number of nitrogens with zero attached hydrogens (tertiary/aromatic N) is 2. The molecule has 1 heterocycles. The van der Waals surface area contributed by atoms with Crippen molar-refractivity contribution in [3.05, 3.63) is 206 Å². The third-order valence-corrected chi connectivity index (χ3v) is 9.57. The number of hydrogen-bond acceptors (Lipinski definition) is 1. The van der Waals surface area contributed by atoms with Crippen molar-refractivity contribution >= 4 is 38.9 Å². The Labute approximate surface area is 306 Å². The maximum Gasteiger partial charge on any atom is 0.0547 e. The Morgan fingerprint density at radius 3 is 1.54 bits per heavy atom. The molecule has 52 heavy (non-hydrogen) atoms. The van der Waals surface area contributed by atoms with Gasteiger partial charge in [-0.1, -0.05) is 153 Å². The molecule has 0 N–H and O–H groups in total. The van der Waals surface area contributed by atoms with E-state index in [1.54, 1.807) is 0 Å². The molecule has 0 aliphatic heterocycles. The second kappa shape index (κ2) is 14.7. The summed E-state index contributed by atoms with van der Waals surface area (Å²) in [5.74, 6) is 0. The number of aromatic nitrogens is 1. The summed E-state index contributed by atoms with van der Waals surface area (Å²) in [4.78, 5) is 2.33. The number of fused-ring (bicyclic) bond motifs is 3. The molecule has 2 heteroatoms. The highest BCUT2D eigenvalue weighted by Crippen LogP contribution is 2.42. The van der Waals surface area contributed by atoms with Crippen LogP contribution in [0.25, 0.3) is 60.9 Å². The number of anilines is 3. The molecule has 0 bridgehead atoms. The zero-order chi connectivity index (χ0) is 35.3. The molecule has 0 aliphatic rings. The normalized spacial score (nSPS) is 10.9. The molecule has 0 saturated carbocycles. The fraction of sp³-hybridized carbons (Fsp3) is 0.0400. The fourth-order valence-corrected chi connectivity index (χ4v) is 7.25. The molecule has 8 aromatic carbocycles. The molecule has 0 unspecified atom stereocenters. The van der Waals surface area contributed by atoms with Gasteiger partial charge in [0.15, 0.2) is 0 Å². The molecule has 0 amide bonds. The van der Waals surface area contributed by atoms with Gasteiger partial charge >= 0.3 is 0 Å². The quantitative estimate of drug-likeness (QED) is 0.164. The highest BCUT2D eigenvalue weighted by molar-refractivity contribution is 6.10. The van der Waals surface area contributed by atoms with E-state index in [1.165, 1.54) is 49.6 Å². The van der Waals surface area contributed by atoms with Gasteiger partial charge < -0.3 is 9.47 Å². The summed E-state index contributed by atoms with van der Waals surface area (Å²) in [6.07, 6.45) is 0. The molecule has 0 spiro atoms. The van der Waals surface area contributed by atoms with Gasteiger partial charge in [0.25, 0.3) is 0 Å². The van der Waals surface area contributed by atoms with E-state index >= 15 is 0 Å². The van der Waals surface area contributed by atoms with Crippen LogP contribution in [0.3, 0.4) is 0 Å². The Balaban J connectivity index is 0.00000190. The van der Waals surface area contributed by atoms with E-state index in [9.17, 15) is 0 Å². The summed E-state index contributed by atoms with van der Waals surface area (Å²) in [5, 5.41) is 2.50. The van der Waals surface area contributed by atoms with E-state index < -0.39 is 0 Å². The topological polar surface area (TPSA) is 8.17 Å². The van der Waals surface area contributed by atoms with Gasteiger partial charge in [0.05, 0.1) is 11.0 Å². The van der Waals surface area contributed by atoms with Gasteiger partial charge in [0.2, 0.25) is 0 Å². The van der Waals surface area contributed by atoms with Crippen LogP contribution in [0.1, 0.15) is 13.8 Å². The van der Waals surface area contributed by atoms with Crippen molar-refractivity contribution in [1.29, 1.82) is 0 Å². The van der Waals surface area contributed by atoms with Gasteiger partial charge in [-0.3, -0.25) is 0 Å². The van der Waals surface area contributed by atoms with Crippen LogP contribution < -0.4 is 4.90 Å². The number of rotatable bonds is 7. The van der Waals surface area contributed by atoms with Crippen LogP contribution in [0.4, 0.5) is 17.1 Å². The first-order valence-corrected chi connectivity index (χ1v) is 18.1. The lowest BCUT2D eigenvalue weighted by molar-refractivity contribution is 1.18. The van der Waals surface area contributed by atoms with Crippen LogP contribution in [0, 0.1) is 0 Å². The molecule has 0 fully saturated rings. The van der Waals surface area contributed by atoms with Crippen LogP contribution in [0.5, 0.6) is 0 Å². The van der Waals surface area contributed by atoms with Crippen molar-refractivity contribution in [3.63, 3.8) is 0 Å². The first-order valence-electron chi connectivity index (χ1n) is 18.1. The van der Waals surface area contributed by atoms with Gasteiger partial charge in [0.1, 0.15) is 0 Å². The summed E-state index contributed by atoms with van der Waals surface area (Å²) in [5.41, 5.74) is 14.0. The summed E-state index contributed by atoms with van der Waals surface area (Å²) in [6, 6.07) is 74.1. The Kier molecular flexibility index (Phi) is 9.19. The second-order valence-corrected chi connectivity index (χ2v) is 12.6. The number of benzene rings is 8. The van der Waals surface area contributed by atoms with Gasteiger partial charge in [-0.15, -0.1) is 0 Å². The van der Waals surface area contributed by atoms with E-state index in [2.05, 4.69) is 216 Å². The predicted molar refractivity (Wildman–Crippen MR) is 223 cm³/mol. The maximum atomic E-state index is 2.40. The average molecular weight is 669 g/mol. The summed E-state index contributed by atoms with van der Waals surface area (Å²) in [6.45, 7) is 4.00. The minimum Gasteiger partial charge on any atom is -0.310 e. The molecular weight excluding hydrogens is 629 g/mol. The second-order valence-electron chi connectivity index (χ2n) is 12.6. The van der Waals surface area contributed by atoms with Crippen molar-refractivity contribution in [2.75, 3.05) is 4.90 Å². The molecule has 0 saturated heterocycles. The molecule has 0 aliphatic carbocycles. The Bertz CT molecular complexity index is 2530. The molecule has 9 rings (SSSR count). The van der Waals surface area contributed by atoms with E-state index in [4.69, 9.17) is 0 Å². The van der Waals surface area contributed by atoms with Crippen LogP contribution in [0.15, 0.2) is 206 Å². The van der Waals surface area contributed by atoms with E-state index in [1.807, 2.05) is 13.8 Å². The van der Waals surface area contributed by atoms with Gasteiger partial charge in [-0.05, 0) is 100 Å². The highest BCUT2D eigenvalue weighted by atomic mass is 15.1. The SMILES string of the molecule is CC.c1ccc(-c2ccc(-c3cccc(N(c4ccccc4)c4ccccc4)c3)c(-c3ccc4c5ccccc5n(-c5ccccc5)c4c3)c2)cc1. The Morgan fingerprint density at radius 1 is 0.327 bits per heavy atom. The van der Waals surface area contributed by atoms with Crippen molar-refractivity contribution in [3.8, 4) is 39.1 Å². The Hall–Kier alpha value is -6.64. The lowest BCUT2D eigenvalue weighted by Crippen LogP contribution is -2.09. The van der Waals surface area contributed by atoms with E-state index in [0.29, 0.717) is 0 Å². The monoisotopic (exact) mass is 668 g/mol. The third-order valence-electron chi connectivity index (χ3n) is 9.57. The zero-order valence-corrected chi connectivity index (χ0v) is 29.5. The van der Waals surface area contributed by atoms with Gasteiger partial charge in [0, 0.05) is 33.5 Å². The van der Waals surface area contributed by atoms with Gasteiger partial charge in [-0.25, -0.2) is 0 Å². The molecule has 0 radical (unpaired) electrons. The molecule has 250 valence electrons. The fourth-order valence-electron chi connectivity index (χ4n) is 7.25. The third kappa shape index (κ3) is 6.16. The molecule has 0 atom stereocenters. The van der Waals surface area contributed by atoms with Crippen molar-refractivity contribution in [2.24, 2.45) is 0 Å². The average Bonchev–Trinajstić information content (AvgIpc) is 3.57. The van der Waals surface area contributed by atoms with E-state index in [-0.39, 0.29) is 0 Å². The molecule has 2 nitrogen and oxygen atoms in total. The highest BCUT2D eigenvalue weighted by Gasteiger charge is 2.18. The van der Waals surface area contributed by atoms with Crippen LogP contribution in [-0.4, -0.2) is 4.57 Å². The maximum absolute atomic E-state index is 2.40. The lowest BCUT2D eigenvalue weighted by atomic mass is 9.90. The zero-order valence-electron chi connectivity index (χ0n) is 29.5. The van der Waals surface area contributed by atoms with Crippen LogP contribution >= 0.6 is 0 Å². The van der Waals surface area contributed by atoms with Crippen LogP contribution in [0.2, 0.25) is 0 Å². The molecule has 9 aromatic rings. The minimum atomic E-state index is 1.11. The Morgan fingerprint density at radius 2 is 0.846 bits per heavy atom.